The first kappa shape index (κ1) is 44.3. The van der Waals surface area contributed by atoms with E-state index in [1.54, 1.807) is 0 Å². The van der Waals surface area contributed by atoms with Gasteiger partial charge < -0.3 is 23.8 Å². The van der Waals surface area contributed by atoms with Gasteiger partial charge in [0.2, 0.25) is 0 Å². The monoisotopic (exact) mass is 662 g/mol. The SMILES string of the molecule is CC/C=C/C=C/C=C/CCCCCCCCCC(=O)OCC(COCCC(C(=O)O)[N+](C)(C)C)OC(=O)CC/C=C/CCCCCC. The maximum absolute atomic E-state index is 12.5. The number of allylic oxidation sites excluding steroid dienone is 8. The van der Waals surface area contributed by atoms with Gasteiger partial charge in [-0.2, -0.15) is 0 Å². The number of aliphatic carboxylic acids is 1. The zero-order valence-corrected chi connectivity index (χ0v) is 30.5. The van der Waals surface area contributed by atoms with E-state index in [9.17, 15) is 19.5 Å². The van der Waals surface area contributed by atoms with Crippen molar-refractivity contribution in [2.24, 2.45) is 0 Å². The van der Waals surface area contributed by atoms with Gasteiger partial charge in [0.05, 0.1) is 34.4 Å². The highest BCUT2D eigenvalue weighted by Crippen LogP contribution is 2.12. The molecule has 0 saturated heterocycles. The van der Waals surface area contributed by atoms with E-state index in [1.807, 2.05) is 27.2 Å². The predicted octanol–water partition coefficient (Wildman–Crippen LogP) is 8.90. The second-order valence-corrected chi connectivity index (χ2v) is 13.2. The molecule has 0 aromatic rings. The third kappa shape index (κ3) is 29.2. The number of carboxylic acids is 1. The van der Waals surface area contributed by atoms with Crippen molar-refractivity contribution in [2.75, 3.05) is 41.0 Å². The predicted molar refractivity (Wildman–Crippen MR) is 192 cm³/mol. The number of quaternary nitrogens is 1. The third-order valence-electron chi connectivity index (χ3n) is 7.79. The minimum absolute atomic E-state index is 0.0402. The van der Waals surface area contributed by atoms with Gasteiger partial charge in [-0.3, -0.25) is 9.59 Å². The van der Waals surface area contributed by atoms with Crippen LogP contribution in [0.4, 0.5) is 0 Å². The summed E-state index contributed by atoms with van der Waals surface area (Å²) in [5.41, 5.74) is 0. The molecule has 0 aliphatic carbocycles. The molecule has 0 aliphatic heterocycles. The van der Waals surface area contributed by atoms with Crippen LogP contribution in [-0.2, 0) is 28.6 Å². The Morgan fingerprint density at radius 3 is 1.89 bits per heavy atom. The van der Waals surface area contributed by atoms with Gasteiger partial charge in [-0.15, -0.1) is 0 Å². The van der Waals surface area contributed by atoms with Crippen molar-refractivity contribution in [2.45, 2.75) is 142 Å². The van der Waals surface area contributed by atoms with Crippen molar-refractivity contribution in [1.82, 2.24) is 0 Å². The minimum atomic E-state index is -0.885. The van der Waals surface area contributed by atoms with Crippen LogP contribution >= 0.6 is 0 Å². The van der Waals surface area contributed by atoms with E-state index in [4.69, 9.17) is 14.2 Å². The number of hydrogen-bond acceptors (Lipinski definition) is 6. The van der Waals surface area contributed by atoms with Crippen LogP contribution in [0.3, 0.4) is 0 Å². The first-order valence-electron chi connectivity index (χ1n) is 18.2. The Morgan fingerprint density at radius 2 is 1.26 bits per heavy atom. The molecule has 0 saturated carbocycles. The highest BCUT2D eigenvalue weighted by Gasteiger charge is 2.31. The van der Waals surface area contributed by atoms with Crippen LogP contribution in [0.25, 0.3) is 0 Å². The number of ether oxygens (including phenoxy) is 3. The summed E-state index contributed by atoms with van der Waals surface area (Å²) in [5, 5.41) is 9.55. The topological polar surface area (TPSA) is 99.1 Å². The molecule has 2 atom stereocenters. The average Bonchev–Trinajstić information content (AvgIpc) is 3.01. The first-order chi connectivity index (χ1) is 22.6. The van der Waals surface area contributed by atoms with Crippen molar-refractivity contribution in [1.29, 1.82) is 0 Å². The molecule has 8 nitrogen and oxygen atoms in total. The number of likely N-dealkylation sites (N-methyl/N-ethyl adjacent to an activating group) is 1. The van der Waals surface area contributed by atoms with E-state index < -0.39 is 18.1 Å². The zero-order chi connectivity index (χ0) is 35.0. The fourth-order valence-corrected chi connectivity index (χ4v) is 4.93. The Balaban J connectivity index is 4.44. The van der Waals surface area contributed by atoms with Gasteiger partial charge in [0.25, 0.3) is 0 Å². The Hall–Kier alpha value is -2.71. The maximum Gasteiger partial charge on any atom is 0.362 e. The first-order valence-corrected chi connectivity index (χ1v) is 18.2. The van der Waals surface area contributed by atoms with Crippen LogP contribution in [0.1, 0.15) is 129 Å². The molecule has 0 aromatic heterocycles. The highest BCUT2D eigenvalue weighted by molar-refractivity contribution is 5.72. The molecule has 0 bridgehead atoms. The molecule has 0 heterocycles. The molecule has 0 aromatic carbocycles. The molecule has 0 aliphatic rings. The number of rotatable bonds is 31. The molecule has 8 heteroatoms. The highest BCUT2D eigenvalue weighted by atomic mass is 16.6. The van der Waals surface area contributed by atoms with Gasteiger partial charge in [0.1, 0.15) is 6.61 Å². The Bertz CT molecular complexity index is 917. The van der Waals surface area contributed by atoms with Crippen molar-refractivity contribution in [3.8, 4) is 0 Å². The van der Waals surface area contributed by atoms with E-state index in [2.05, 4.69) is 56.4 Å². The zero-order valence-electron chi connectivity index (χ0n) is 30.5. The summed E-state index contributed by atoms with van der Waals surface area (Å²) in [7, 11) is 5.49. The molecule has 2 unspecified atom stereocenters. The number of nitrogens with zero attached hydrogens (tertiary/aromatic N) is 1. The van der Waals surface area contributed by atoms with Crippen LogP contribution in [-0.4, -0.2) is 80.6 Å². The standard InChI is InChI=1S/C39H67NO7/c1-6-8-10-12-14-16-17-18-19-20-21-22-24-25-27-29-37(41)46-34-35(33-45-32-31-36(39(43)44)40(3,4)5)47-38(42)30-28-26-23-15-13-11-9-7-2/h8,10,12,14,16-17,23,26,35-36H,6-7,9,11,13,15,18-22,24-25,27-34H2,1-5H3/p+1/b10-8+,14-12+,17-16+,26-23+. The van der Waals surface area contributed by atoms with Gasteiger partial charge in [0, 0.05) is 19.3 Å². The fourth-order valence-electron chi connectivity index (χ4n) is 4.93. The van der Waals surface area contributed by atoms with Crippen molar-refractivity contribution in [3.63, 3.8) is 0 Å². The Morgan fingerprint density at radius 1 is 0.660 bits per heavy atom. The number of unbranched alkanes of at least 4 members (excludes halogenated alkanes) is 11. The van der Waals surface area contributed by atoms with E-state index in [-0.39, 0.29) is 42.7 Å². The molecule has 270 valence electrons. The van der Waals surface area contributed by atoms with Gasteiger partial charge >= 0.3 is 17.9 Å². The van der Waals surface area contributed by atoms with Crippen LogP contribution in [0.5, 0.6) is 0 Å². The van der Waals surface area contributed by atoms with Gasteiger partial charge in [0.15, 0.2) is 12.1 Å². The lowest BCUT2D eigenvalue weighted by Crippen LogP contribution is -2.50. The Labute approximate surface area is 286 Å². The number of carbonyl (C=O) groups is 3. The number of carbonyl (C=O) groups excluding carboxylic acids is 2. The molecule has 0 fully saturated rings. The summed E-state index contributed by atoms with van der Waals surface area (Å²) < 4.78 is 17.1. The third-order valence-corrected chi connectivity index (χ3v) is 7.79. The van der Waals surface area contributed by atoms with Gasteiger partial charge in [-0.05, 0) is 44.9 Å². The second-order valence-electron chi connectivity index (χ2n) is 13.2. The number of hydrogen-bond donors (Lipinski definition) is 1. The lowest BCUT2D eigenvalue weighted by Gasteiger charge is -2.31. The lowest BCUT2D eigenvalue weighted by atomic mass is 10.1. The molecule has 0 amide bonds. The average molecular weight is 663 g/mol. The molecule has 0 spiro atoms. The maximum atomic E-state index is 12.5. The Kier molecular flexibility index (Phi) is 28.8. The molecule has 0 rings (SSSR count). The second kappa shape index (κ2) is 30.6. The van der Waals surface area contributed by atoms with E-state index >= 15 is 0 Å². The molecular weight excluding hydrogens is 594 g/mol. The van der Waals surface area contributed by atoms with Crippen LogP contribution < -0.4 is 0 Å². The summed E-state index contributed by atoms with van der Waals surface area (Å²) in [6, 6.07) is -0.620. The summed E-state index contributed by atoms with van der Waals surface area (Å²) in [4.78, 5) is 36.6. The van der Waals surface area contributed by atoms with Crippen molar-refractivity contribution >= 4 is 17.9 Å². The van der Waals surface area contributed by atoms with Crippen molar-refractivity contribution in [3.05, 3.63) is 48.6 Å². The summed E-state index contributed by atoms with van der Waals surface area (Å²) in [6.45, 7) is 4.48. The largest absolute Gasteiger partial charge is 0.477 e. The summed E-state index contributed by atoms with van der Waals surface area (Å²) >= 11 is 0. The van der Waals surface area contributed by atoms with E-state index in [1.165, 1.54) is 44.9 Å². The minimum Gasteiger partial charge on any atom is -0.477 e. The van der Waals surface area contributed by atoms with Gasteiger partial charge in [-0.25, -0.2) is 4.79 Å². The summed E-state index contributed by atoms with van der Waals surface area (Å²) in [6.07, 6.45) is 33.2. The van der Waals surface area contributed by atoms with E-state index in [0.29, 0.717) is 19.3 Å². The molecular formula is C39H68NO7+. The number of esters is 2. The lowest BCUT2D eigenvalue weighted by molar-refractivity contribution is -0.887. The molecule has 1 N–H and O–H groups in total. The van der Waals surface area contributed by atoms with Crippen LogP contribution in [0.2, 0.25) is 0 Å². The quantitative estimate of drug-likeness (QED) is 0.0260. The fraction of sp³-hybridized carbons (Fsp3) is 0.718. The van der Waals surface area contributed by atoms with Crippen molar-refractivity contribution < 1.29 is 38.2 Å². The normalized spacial score (nSPS) is 13.6. The van der Waals surface area contributed by atoms with Crippen LogP contribution in [0, 0.1) is 0 Å². The number of carboxylic acid groups (broad SMARTS) is 1. The molecule has 0 radical (unpaired) electrons. The van der Waals surface area contributed by atoms with Gasteiger partial charge in [-0.1, -0.05) is 114 Å². The van der Waals surface area contributed by atoms with E-state index in [0.717, 1.165) is 44.9 Å². The summed E-state index contributed by atoms with van der Waals surface area (Å²) in [5.74, 6) is -1.56. The van der Waals surface area contributed by atoms with Crippen LogP contribution in [0.15, 0.2) is 48.6 Å². The molecule has 47 heavy (non-hydrogen) atoms. The smallest absolute Gasteiger partial charge is 0.362 e.